The highest BCUT2D eigenvalue weighted by Gasteiger charge is 2.41. The molecule has 0 radical (unpaired) electrons. The number of nitrogens with one attached hydrogen (secondary N) is 1. The minimum atomic E-state index is 0.287. The second-order valence-corrected chi connectivity index (χ2v) is 7.83. The zero-order valence-electron chi connectivity index (χ0n) is 14.0. The van der Waals surface area contributed by atoms with Crippen molar-refractivity contribution in [2.24, 2.45) is 5.41 Å². The van der Waals surface area contributed by atoms with Crippen molar-refractivity contribution in [3.05, 3.63) is 0 Å². The minimum Gasteiger partial charge on any atom is -0.312 e. The van der Waals surface area contributed by atoms with E-state index in [9.17, 15) is 0 Å². The maximum Gasteiger partial charge on any atom is 0.00967 e. The second kappa shape index (κ2) is 8.29. The Morgan fingerprint density at radius 3 is 1.84 bits per heavy atom. The molecule has 0 unspecified atom stereocenters. The van der Waals surface area contributed by atoms with E-state index in [-0.39, 0.29) is 5.54 Å². The van der Waals surface area contributed by atoms with Crippen LogP contribution >= 0.6 is 0 Å². The quantitative estimate of drug-likeness (QED) is 0.474. The smallest absolute Gasteiger partial charge is 0.00967 e. The van der Waals surface area contributed by atoms with Gasteiger partial charge in [0.15, 0.2) is 0 Å². The van der Waals surface area contributed by atoms with Crippen molar-refractivity contribution < 1.29 is 0 Å². The topological polar surface area (TPSA) is 12.0 Å². The molecule has 19 heavy (non-hydrogen) atoms. The fourth-order valence-electron chi connectivity index (χ4n) is 2.78. The molecule has 0 heterocycles. The summed E-state index contributed by atoms with van der Waals surface area (Å²) in [5.41, 5.74) is 0.977. The Kier molecular flexibility index (Phi) is 7.42. The van der Waals surface area contributed by atoms with E-state index in [0.717, 1.165) is 0 Å². The molecule has 0 aliphatic heterocycles. The monoisotopic (exact) mass is 267 g/mol. The van der Waals surface area contributed by atoms with Crippen LogP contribution in [-0.4, -0.2) is 12.1 Å². The van der Waals surface area contributed by atoms with Gasteiger partial charge in [-0.15, -0.1) is 0 Å². The molecule has 1 aliphatic carbocycles. The first-order valence-corrected chi connectivity index (χ1v) is 8.72. The van der Waals surface area contributed by atoms with E-state index in [4.69, 9.17) is 0 Å². The highest BCUT2D eigenvalue weighted by Crippen LogP contribution is 2.49. The Morgan fingerprint density at radius 2 is 1.37 bits per heavy atom. The fourth-order valence-corrected chi connectivity index (χ4v) is 2.78. The third-order valence-corrected chi connectivity index (χ3v) is 4.51. The first kappa shape index (κ1) is 17.0. The van der Waals surface area contributed by atoms with Gasteiger partial charge in [-0.05, 0) is 45.4 Å². The van der Waals surface area contributed by atoms with Crippen molar-refractivity contribution in [1.82, 2.24) is 5.32 Å². The van der Waals surface area contributed by atoms with Gasteiger partial charge in [0.2, 0.25) is 0 Å². The minimum absolute atomic E-state index is 0.287. The molecule has 0 spiro atoms. The van der Waals surface area contributed by atoms with Crippen LogP contribution in [0.15, 0.2) is 0 Å². The summed E-state index contributed by atoms with van der Waals surface area (Å²) in [6.07, 6.45) is 16.0. The summed E-state index contributed by atoms with van der Waals surface area (Å²) >= 11 is 0. The normalized spacial score (nSPS) is 17.7. The van der Waals surface area contributed by atoms with Crippen LogP contribution in [0.4, 0.5) is 0 Å². The lowest BCUT2D eigenvalue weighted by molar-refractivity contribution is 0.335. The molecule has 1 saturated carbocycles. The average molecular weight is 268 g/mol. The van der Waals surface area contributed by atoms with Gasteiger partial charge in [-0.2, -0.15) is 0 Å². The van der Waals surface area contributed by atoms with Gasteiger partial charge in [0.25, 0.3) is 0 Å². The van der Waals surface area contributed by atoms with Crippen molar-refractivity contribution in [2.75, 3.05) is 6.54 Å². The third-order valence-electron chi connectivity index (χ3n) is 4.51. The molecular formula is C18H37N. The molecule has 1 heteroatoms. The van der Waals surface area contributed by atoms with Crippen LogP contribution in [0.2, 0.25) is 0 Å². The molecule has 0 atom stereocenters. The summed E-state index contributed by atoms with van der Waals surface area (Å²) in [6.45, 7) is 10.4. The Labute approximate surface area is 121 Å². The molecule has 0 aromatic rings. The zero-order valence-corrected chi connectivity index (χ0v) is 14.0. The van der Waals surface area contributed by atoms with Crippen molar-refractivity contribution in [3.63, 3.8) is 0 Å². The molecule has 0 saturated heterocycles. The number of hydrogen-bond acceptors (Lipinski definition) is 1. The lowest BCUT2D eigenvalue weighted by atomic mass is 9.96. The lowest BCUT2D eigenvalue weighted by Crippen LogP contribution is -2.39. The van der Waals surface area contributed by atoms with Gasteiger partial charge in [-0.25, -0.2) is 0 Å². The van der Waals surface area contributed by atoms with Crippen LogP contribution in [0, 0.1) is 5.41 Å². The fraction of sp³-hybridized carbons (Fsp3) is 1.00. The first-order valence-electron chi connectivity index (χ1n) is 8.72. The van der Waals surface area contributed by atoms with Gasteiger partial charge in [0.05, 0.1) is 0 Å². The first-order chi connectivity index (χ1) is 8.97. The standard InChI is InChI=1S/C18H37N/c1-5-6-7-8-9-10-11-12-13-18(14-15-18)16-19-17(2,3)4/h19H,5-16H2,1-4H3. The van der Waals surface area contributed by atoms with E-state index in [2.05, 4.69) is 33.0 Å². The molecule has 1 fully saturated rings. The van der Waals surface area contributed by atoms with E-state index in [1.54, 1.807) is 0 Å². The molecule has 0 aromatic heterocycles. The van der Waals surface area contributed by atoms with Crippen LogP contribution in [0.25, 0.3) is 0 Å². The van der Waals surface area contributed by atoms with Crippen molar-refractivity contribution >= 4 is 0 Å². The summed E-state index contributed by atoms with van der Waals surface area (Å²) in [5.74, 6) is 0. The molecule has 0 aromatic carbocycles. The van der Waals surface area contributed by atoms with Gasteiger partial charge in [-0.3, -0.25) is 0 Å². The van der Waals surface area contributed by atoms with Crippen LogP contribution in [0.5, 0.6) is 0 Å². The SMILES string of the molecule is CCCCCCCCCCC1(CNC(C)(C)C)CC1. The predicted molar refractivity (Wildman–Crippen MR) is 86.6 cm³/mol. The van der Waals surface area contributed by atoms with Crippen LogP contribution in [-0.2, 0) is 0 Å². The Morgan fingerprint density at radius 1 is 0.842 bits per heavy atom. The molecule has 0 amide bonds. The third kappa shape index (κ3) is 8.68. The van der Waals surface area contributed by atoms with Gasteiger partial charge in [0, 0.05) is 12.1 Å². The van der Waals surface area contributed by atoms with Crippen LogP contribution < -0.4 is 5.32 Å². The summed E-state index contributed by atoms with van der Waals surface area (Å²) in [5, 5.41) is 3.70. The number of unbranched alkanes of at least 4 members (excludes halogenated alkanes) is 7. The highest BCUT2D eigenvalue weighted by molar-refractivity contribution is 4.95. The molecular weight excluding hydrogens is 230 g/mol. The second-order valence-electron chi connectivity index (χ2n) is 7.83. The van der Waals surface area contributed by atoms with Crippen molar-refractivity contribution in [3.8, 4) is 0 Å². The maximum atomic E-state index is 3.70. The molecule has 1 rings (SSSR count). The van der Waals surface area contributed by atoms with Gasteiger partial charge in [-0.1, -0.05) is 58.3 Å². The zero-order chi connectivity index (χ0) is 14.2. The molecule has 114 valence electrons. The van der Waals surface area contributed by atoms with E-state index in [1.807, 2.05) is 0 Å². The summed E-state index contributed by atoms with van der Waals surface area (Å²) in [6, 6.07) is 0. The maximum absolute atomic E-state index is 3.70. The average Bonchev–Trinajstić information content (AvgIpc) is 3.10. The number of rotatable bonds is 11. The Hall–Kier alpha value is -0.0400. The molecule has 1 aliphatic rings. The van der Waals surface area contributed by atoms with Crippen molar-refractivity contribution in [1.29, 1.82) is 0 Å². The van der Waals surface area contributed by atoms with E-state index >= 15 is 0 Å². The van der Waals surface area contributed by atoms with Gasteiger partial charge >= 0.3 is 0 Å². The highest BCUT2D eigenvalue weighted by atomic mass is 15.0. The van der Waals surface area contributed by atoms with E-state index in [0.29, 0.717) is 5.41 Å². The van der Waals surface area contributed by atoms with E-state index < -0.39 is 0 Å². The van der Waals surface area contributed by atoms with Crippen LogP contribution in [0.1, 0.15) is 98.3 Å². The lowest BCUT2D eigenvalue weighted by Gasteiger charge is -2.25. The summed E-state index contributed by atoms with van der Waals surface area (Å²) in [4.78, 5) is 0. The van der Waals surface area contributed by atoms with Gasteiger partial charge in [0.1, 0.15) is 0 Å². The molecule has 1 N–H and O–H groups in total. The summed E-state index contributed by atoms with van der Waals surface area (Å²) in [7, 11) is 0. The number of hydrogen-bond donors (Lipinski definition) is 1. The largest absolute Gasteiger partial charge is 0.312 e. The van der Waals surface area contributed by atoms with E-state index in [1.165, 1.54) is 77.2 Å². The Balaban J connectivity index is 1.94. The summed E-state index contributed by atoms with van der Waals surface area (Å²) < 4.78 is 0. The predicted octanol–water partition coefficient (Wildman–Crippen LogP) is 5.69. The van der Waals surface area contributed by atoms with Crippen molar-refractivity contribution in [2.45, 2.75) is 104 Å². The van der Waals surface area contributed by atoms with Crippen LogP contribution in [0.3, 0.4) is 0 Å². The molecule has 0 bridgehead atoms. The Bertz CT molecular complexity index is 222. The molecule has 1 nitrogen and oxygen atoms in total. The van der Waals surface area contributed by atoms with Gasteiger partial charge < -0.3 is 5.32 Å².